The average molecular weight is 416 g/mol. The topological polar surface area (TPSA) is 78.2 Å². The van der Waals surface area contributed by atoms with Crippen molar-refractivity contribution in [3.8, 4) is 17.1 Å². The quantitative estimate of drug-likeness (QED) is 0.541. The van der Waals surface area contributed by atoms with Gasteiger partial charge in [0.05, 0.1) is 24.4 Å². The van der Waals surface area contributed by atoms with Gasteiger partial charge >= 0.3 is 0 Å². The Bertz CT molecular complexity index is 1350. The number of nitrogens with one attached hydrogen (secondary N) is 1. The van der Waals surface area contributed by atoms with Crippen molar-refractivity contribution in [2.45, 2.75) is 27.3 Å². The Morgan fingerprint density at radius 2 is 1.81 bits per heavy atom. The van der Waals surface area contributed by atoms with E-state index in [0.717, 1.165) is 33.8 Å². The van der Waals surface area contributed by atoms with Crippen molar-refractivity contribution >= 4 is 16.7 Å². The van der Waals surface area contributed by atoms with Gasteiger partial charge in [0.15, 0.2) is 0 Å². The van der Waals surface area contributed by atoms with E-state index in [0.29, 0.717) is 17.6 Å². The lowest BCUT2D eigenvalue weighted by atomic mass is 10.2. The molecule has 0 aliphatic carbocycles. The van der Waals surface area contributed by atoms with Crippen molar-refractivity contribution in [2.75, 3.05) is 7.11 Å². The number of fused-ring (bicyclic) bond motifs is 1. The number of aromatic nitrogens is 3. The Labute approximate surface area is 179 Å². The Kier molecular flexibility index (Phi) is 5.33. The minimum atomic E-state index is -0.184. The Hall–Kier alpha value is -3.87. The first-order chi connectivity index (χ1) is 14.9. The molecule has 0 aliphatic heterocycles. The summed E-state index contributed by atoms with van der Waals surface area (Å²) in [4.78, 5) is 24.7. The van der Waals surface area contributed by atoms with Crippen LogP contribution in [-0.4, -0.2) is 27.4 Å². The predicted octanol–water partition coefficient (Wildman–Crippen LogP) is 3.44. The maximum absolute atomic E-state index is 13.4. The van der Waals surface area contributed by atoms with Gasteiger partial charge in [-0.3, -0.25) is 9.59 Å². The van der Waals surface area contributed by atoms with Crippen LogP contribution in [0.3, 0.4) is 0 Å². The monoisotopic (exact) mass is 416 g/mol. The summed E-state index contributed by atoms with van der Waals surface area (Å²) in [6, 6.07) is 15.2. The van der Waals surface area contributed by atoms with E-state index in [9.17, 15) is 9.59 Å². The summed E-state index contributed by atoms with van der Waals surface area (Å²) in [5.74, 6) is 0.646. The molecule has 31 heavy (non-hydrogen) atoms. The number of carbonyl (C=O) groups excluding carboxylic acids is 1. The zero-order chi connectivity index (χ0) is 22.1. The molecule has 2 aromatic carbocycles. The van der Waals surface area contributed by atoms with Crippen LogP contribution < -0.4 is 15.6 Å². The number of ether oxygens (including phenoxy) is 1. The number of hydrogen-bond donors (Lipinski definition) is 1. The van der Waals surface area contributed by atoms with Gasteiger partial charge in [-0.1, -0.05) is 18.2 Å². The number of benzene rings is 2. The van der Waals surface area contributed by atoms with E-state index in [1.807, 2.05) is 66.9 Å². The summed E-state index contributed by atoms with van der Waals surface area (Å²) in [5.41, 5.74) is 4.07. The van der Waals surface area contributed by atoms with Gasteiger partial charge in [0, 0.05) is 42.0 Å². The molecule has 0 aliphatic rings. The smallest absolute Gasteiger partial charge is 0.281 e. The van der Waals surface area contributed by atoms with Gasteiger partial charge in [0.2, 0.25) is 5.91 Å². The maximum Gasteiger partial charge on any atom is 0.281 e. The molecule has 0 atom stereocenters. The second-order valence-electron chi connectivity index (χ2n) is 7.44. The van der Waals surface area contributed by atoms with Gasteiger partial charge < -0.3 is 14.6 Å². The van der Waals surface area contributed by atoms with Crippen molar-refractivity contribution in [3.05, 3.63) is 82.0 Å². The molecule has 1 amide bonds. The minimum Gasteiger partial charge on any atom is -0.497 e. The minimum absolute atomic E-state index is 0.105. The summed E-state index contributed by atoms with van der Waals surface area (Å²) < 4.78 is 8.81. The average Bonchev–Trinajstić information content (AvgIpc) is 3.03. The predicted molar refractivity (Wildman–Crippen MR) is 120 cm³/mol. The summed E-state index contributed by atoms with van der Waals surface area (Å²) in [7, 11) is 1.63. The van der Waals surface area contributed by atoms with E-state index in [1.54, 1.807) is 13.3 Å². The van der Waals surface area contributed by atoms with Crippen LogP contribution in [0.1, 0.15) is 23.9 Å². The molecule has 7 nitrogen and oxygen atoms in total. The standard InChI is InChI=1S/C24H24N4O3/c1-15-22-14-26-28(20-9-5-7-18(11-20)13-25-17(3)29)24(30)23(22)16(2)27(15)19-8-6-10-21(12-19)31-4/h5-12,14H,13H2,1-4H3,(H,25,29). The van der Waals surface area contributed by atoms with Gasteiger partial charge in [-0.15, -0.1) is 0 Å². The van der Waals surface area contributed by atoms with E-state index in [-0.39, 0.29) is 11.5 Å². The third kappa shape index (κ3) is 3.70. The molecule has 4 aromatic rings. The van der Waals surface area contributed by atoms with E-state index in [2.05, 4.69) is 10.4 Å². The molecule has 0 saturated carbocycles. The summed E-state index contributed by atoms with van der Waals surface area (Å²) in [6.45, 7) is 5.79. The second-order valence-corrected chi connectivity index (χ2v) is 7.44. The highest BCUT2D eigenvalue weighted by Crippen LogP contribution is 2.28. The molecule has 158 valence electrons. The largest absolute Gasteiger partial charge is 0.497 e. The zero-order valence-electron chi connectivity index (χ0n) is 18.0. The molecule has 0 fully saturated rings. The molecule has 0 bridgehead atoms. The highest BCUT2D eigenvalue weighted by molar-refractivity contribution is 5.88. The van der Waals surface area contributed by atoms with Gasteiger partial charge in [-0.25, -0.2) is 0 Å². The fourth-order valence-electron chi connectivity index (χ4n) is 3.91. The number of rotatable bonds is 5. The van der Waals surface area contributed by atoms with Crippen LogP contribution in [0.25, 0.3) is 22.1 Å². The van der Waals surface area contributed by atoms with Crippen LogP contribution in [0.4, 0.5) is 0 Å². The molecule has 2 aromatic heterocycles. The number of aryl methyl sites for hydroxylation is 2. The molecule has 1 N–H and O–H groups in total. The van der Waals surface area contributed by atoms with Gasteiger partial charge in [0.1, 0.15) is 5.75 Å². The molecular formula is C24H24N4O3. The van der Waals surface area contributed by atoms with E-state index in [1.165, 1.54) is 11.6 Å². The van der Waals surface area contributed by atoms with Crippen molar-refractivity contribution in [3.63, 3.8) is 0 Å². The van der Waals surface area contributed by atoms with Crippen LogP contribution in [0.5, 0.6) is 5.75 Å². The van der Waals surface area contributed by atoms with Gasteiger partial charge in [0.25, 0.3) is 5.56 Å². The lowest BCUT2D eigenvalue weighted by Crippen LogP contribution is -2.22. The first kappa shape index (κ1) is 20.4. The highest BCUT2D eigenvalue weighted by atomic mass is 16.5. The summed E-state index contributed by atoms with van der Waals surface area (Å²) in [6.07, 6.45) is 1.73. The van der Waals surface area contributed by atoms with Crippen LogP contribution in [-0.2, 0) is 11.3 Å². The fraction of sp³-hybridized carbons (Fsp3) is 0.208. The van der Waals surface area contributed by atoms with Crippen LogP contribution in [0.2, 0.25) is 0 Å². The van der Waals surface area contributed by atoms with Crippen LogP contribution in [0.15, 0.2) is 59.5 Å². The zero-order valence-corrected chi connectivity index (χ0v) is 18.0. The lowest BCUT2D eigenvalue weighted by molar-refractivity contribution is -0.119. The van der Waals surface area contributed by atoms with E-state index < -0.39 is 0 Å². The van der Waals surface area contributed by atoms with Gasteiger partial charge in [-0.2, -0.15) is 9.78 Å². The molecule has 0 spiro atoms. The highest BCUT2D eigenvalue weighted by Gasteiger charge is 2.18. The molecule has 0 unspecified atom stereocenters. The Balaban J connectivity index is 1.85. The number of carbonyl (C=O) groups is 1. The van der Waals surface area contributed by atoms with Crippen molar-refractivity contribution in [1.29, 1.82) is 0 Å². The molecule has 4 rings (SSSR count). The third-order valence-electron chi connectivity index (χ3n) is 5.41. The SMILES string of the molecule is COc1cccc(-n2c(C)c3cnn(-c4cccc(CNC(C)=O)c4)c(=O)c3c2C)c1. The van der Waals surface area contributed by atoms with E-state index >= 15 is 0 Å². The Morgan fingerprint density at radius 1 is 1.06 bits per heavy atom. The van der Waals surface area contributed by atoms with E-state index in [4.69, 9.17) is 4.74 Å². The Morgan fingerprint density at radius 3 is 2.55 bits per heavy atom. The normalized spacial score (nSPS) is 11.0. The lowest BCUT2D eigenvalue weighted by Gasteiger charge is -2.10. The first-order valence-corrected chi connectivity index (χ1v) is 9.99. The number of hydrogen-bond acceptors (Lipinski definition) is 4. The number of nitrogens with zero attached hydrogens (tertiary/aromatic N) is 3. The maximum atomic E-state index is 13.4. The molecule has 7 heteroatoms. The van der Waals surface area contributed by atoms with Crippen LogP contribution in [0, 0.1) is 13.8 Å². The second kappa shape index (κ2) is 8.10. The number of methoxy groups -OCH3 is 1. The summed E-state index contributed by atoms with van der Waals surface area (Å²) >= 11 is 0. The van der Waals surface area contributed by atoms with Crippen molar-refractivity contribution < 1.29 is 9.53 Å². The fourth-order valence-corrected chi connectivity index (χ4v) is 3.91. The van der Waals surface area contributed by atoms with Crippen molar-refractivity contribution in [1.82, 2.24) is 19.7 Å². The third-order valence-corrected chi connectivity index (χ3v) is 5.41. The summed E-state index contributed by atoms with van der Waals surface area (Å²) in [5, 5.41) is 8.65. The molecular weight excluding hydrogens is 392 g/mol. The molecule has 0 radical (unpaired) electrons. The van der Waals surface area contributed by atoms with Crippen LogP contribution >= 0.6 is 0 Å². The molecule has 0 saturated heterocycles. The van der Waals surface area contributed by atoms with Crippen molar-refractivity contribution in [2.24, 2.45) is 0 Å². The molecule has 2 heterocycles. The first-order valence-electron chi connectivity index (χ1n) is 9.99. The van der Waals surface area contributed by atoms with Gasteiger partial charge in [-0.05, 0) is 43.7 Å². The number of amides is 1.